The molecule has 0 spiro atoms. The molecule has 0 radical (unpaired) electrons. The highest BCUT2D eigenvalue weighted by Crippen LogP contribution is 1.98. The molecule has 72 valence electrons. The summed E-state index contributed by atoms with van der Waals surface area (Å²) in [5.41, 5.74) is 0.0772. The molecule has 2 nitrogen and oxygen atoms in total. The van der Waals surface area contributed by atoms with Crippen molar-refractivity contribution in [1.82, 2.24) is 4.57 Å². The zero-order valence-corrected chi connectivity index (χ0v) is 8.33. The van der Waals surface area contributed by atoms with E-state index in [2.05, 4.69) is 0 Å². The highest BCUT2D eigenvalue weighted by molar-refractivity contribution is 6.17. The van der Waals surface area contributed by atoms with Crippen molar-refractivity contribution in [2.45, 2.75) is 25.8 Å². The second-order valence-corrected chi connectivity index (χ2v) is 3.36. The van der Waals surface area contributed by atoms with Crippen LogP contribution in [0.3, 0.4) is 0 Å². The van der Waals surface area contributed by atoms with Crippen molar-refractivity contribution in [3.05, 3.63) is 34.7 Å². The van der Waals surface area contributed by atoms with Gasteiger partial charge in [0.25, 0.3) is 0 Å². The first-order valence-corrected chi connectivity index (χ1v) is 5.09. The smallest absolute Gasteiger partial charge is 0.250 e. The molecule has 1 rings (SSSR count). The van der Waals surface area contributed by atoms with Crippen LogP contribution in [0.25, 0.3) is 0 Å². The van der Waals surface area contributed by atoms with E-state index >= 15 is 0 Å². The van der Waals surface area contributed by atoms with Gasteiger partial charge in [-0.3, -0.25) is 4.79 Å². The lowest BCUT2D eigenvalue weighted by molar-refractivity contribution is 0.589. The minimum absolute atomic E-state index is 0.0772. The number of aryl methyl sites for hydroxylation is 1. The summed E-state index contributed by atoms with van der Waals surface area (Å²) in [7, 11) is 0. The summed E-state index contributed by atoms with van der Waals surface area (Å²) in [5.74, 6) is 0.712. The van der Waals surface area contributed by atoms with Crippen LogP contribution in [-0.4, -0.2) is 10.4 Å². The lowest BCUT2D eigenvalue weighted by Gasteiger charge is -2.03. The third-order valence-electron chi connectivity index (χ3n) is 1.93. The van der Waals surface area contributed by atoms with Gasteiger partial charge >= 0.3 is 0 Å². The number of nitrogens with zero attached hydrogens (tertiary/aromatic N) is 1. The van der Waals surface area contributed by atoms with Crippen LogP contribution in [0.4, 0.5) is 0 Å². The van der Waals surface area contributed by atoms with Gasteiger partial charge in [0.05, 0.1) is 0 Å². The Morgan fingerprint density at radius 2 is 2.08 bits per heavy atom. The van der Waals surface area contributed by atoms with Crippen molar-refractivity contribution in [2.24, 2.45) is 0 Å². The molecule has 0 aliphatic carbocycles. The number of pyridine rings is 1. The zero-order valence-electron chi connectivity index (χ0n) is 7.58. The normalized spacial score (nSPS) is 10.2. The van der Waals surface area contributed by atoms with E-state index in [0.29, 0.717) is 5.88 Å². The minimum atomic E-state index is 0.0772. The monoisotopic (exact) mass is 199 g/mol. The molecule has 0 bridgehead atoms. The fraction of sp³-hybridized carbons (Fsp3) is 0.500. The minimum Gasteiger partial charge on any atom is -0.316 e. The number of hydrogen-bond donors (Lipinski definition) is 0. The van der Waals surface area contributed by atoms with Crippen molar-refractivity contribution in [3.63, 3.8) is 0 Å². The Hall–Kier alpha value is -0.760. The van der Waals surface area contributed by atoms with Gasteiger partial charge < -0.3 is 4.57 Å². The molecule has 13 heavy (non-hydrogen) atoms. The molecule has 1 aromatic heterocycles. The quantitative estimate of drug-likeness (QED) is 0.527. The predicted octanol–water partition coefficient (Wildman–Crippen LogP) is 2.26. The number of unbranched alkanes of at least 4 members (excludes halogenated alkanes) is 2. The molecule has 0 saturated heterocycles. The van der Waals surface area contributed by atoms with Gasteiger partial charge in [-0.2, -0.15) is 0 Å². The summed E-state index contributed by atoms with van der Waals surface area (Å²) in [6.07, 6.45) is 4.97. The van der Waals surface area contributed by atoms with E-state index in [1.807, 2.05) is 12.3 Å². The van der Waals surface area contributed by atoms with Crippen molar-refractivity contribution in [1.29, 1.82) is 0 Å². The average Bonchev–Trinajstić information content (AvgIpc) is 2.15. The predicted molar refractivity (Wildman–Crippen MR) is 55.3 cm³/mol. The molecule has 1 heterocycles. The summed E-state index contributed by atoms with van der Waals surface area (Å²) < 4.78 is 1.73. The lowest BCUT2D eigenvalue weighted by atomic mass is 10.2. The van der Waals surface area contributed by atoms with Crippen LogP contribution in [0.15, 0.2) is 29.2 Å². The van der Waals surface area contributed by atoms with Gasteiger partial charge in [0.1, 0.15) is 0 Å². The molecule has 0 fully saturated rings. The summed E-state index contributed by atoms with van der Waals surface area (Å²) in [6, 6.07) is 5.22. The summed E-state index contributed by atoms with van der Waals surface area (Å²) >= 11 is 5.55. The van der Waals surface area contributed by atoms with Crippen molar-refractivity contribution in [2.75, 3.05) is 5.88 Å². The van der Waals surface area contributed by atoms with E-state index in [0.717, 1.165) is 25.8 Å². The molecule has 0 amide bonds. The van der Waals surface area contributed by atoms with Gasteiger partial charge in [0, 0.05) is 24.7 Å². The number of rotatable bonds is 5. The number of halogens is 1. The van der Waals surface area contributed by atoms with E-state index in [1.54, 1.807) is 16.7 Å². The standard InChI is InChI=1S/C10H14ClNO/c11-7-3-1-4-8-12-9-5-2-6-10(12)13/h2,5-6,9H,1,3-4,7-8H2. The van der Waals surface area contributed by atoms with Gasteiger partial charge in [-0.25, -0.2) is 0 Å². The van der Waals surface area contributed by atoms with E-state index in [4.69, 9.17) is 11.6 Å². The Bertz CT molecular complexity index is 295. The van der Waals surface area contributed by atoms with Gasteiger partial charge in [0.15, 0.2) is 0 Å². The van der Waals surface area contributed by atoms with Crippen LogP contribution < -0.4 is 5.56 Å². The lowest BCUT2D eigenvalue weighted by Crippen LogP contribution is -2.17. The number of hydrogen-bond acceptors (Lipinski definition) is 1. The maximum atomic E-state index is 11.2. The van der Waals surface area contributed by atoms with Gasteiger partial charge in [0.2, 0.25) is 5.56 Å². The Labute approximate surface area is 83.2 Å². The maximum Gasteiger partial charge on any atom is 0.250 e. The fourth-order valence-corrected chi connectivity index (χ4v) is 1.39. The first kappa shape index (κ1) is 10.3. The molecule has 3 heteroatoms. The molecule has 0 saturated carbocycles. The largest absolute Gasteiger partial charge is 0.316 e. The van der Waals surface area contributed by atoms with Crippen molar-refractivity contribution >= 4 is 11.6 Å². The van der Waals surface area contributed by atoms with Crippen LogP contribution in [0, 0.1) is 0 Å². The van der Waals surface area contributed by atoms with Gasteiger partial charge in [-0.1, -0.05) is 12.5 Å². The van der Waals surface area contributed by atoms with E-state index in [9.17, 15) is 4.79 Å². The van der Waals surface area contributed by atoms with Gasteiger partial charge in [-0.15, -0.1) is 11.6 Å². The van der Waals surface area contributed by atoms with Crippen LogP contribution in [0.2, 0.25) is 0 Å². The van der Waals surface area contributed by atoms with E-state index in [1.165, 1.54) is 0 Å². The second-order valence-electron chi connectivity index (χ2n) is 2.98. The second kappa shape index (κ2) is 5.81. The first-order valence-electron chi connectivity index (χ1n) is 4.56. The molecule has 0 aromatic carbocycles. The van der Waals surface area contributed by atoms with Crippen LogP contribution >= 0.6 is 11.6 Å². The number of aromatic nitrogens is 1. The average molecular weight is 200 g/mol. The Balaban J connectivity index is 2.37. The summed E-state index contributed by atoms with van der Waals surface area (Å²) in [6.45, 7) is 0.802. The van der Waals surface area contributed by atoms with Crippen molar-refractivity contribution < 1.29 is 0 Å². The van der Waals surface area contributed by atoms with Gasteiger partial charge in [-0.05, 0) is 18.9 Å². The van der Waals surface area contributed by atoms with E-state index < -0.39 is 0 Å². The van der Waals surface area contributed by atoms with Crippen LogP contribution in [-0.2, 0) is 6.54 Å². The Morgan fingerprint density at radius 3 is 2.77 bits per heavy atom. The third kappa shape index (κ3) is 3.64. The van der Waals surface area contributed by atoms with Crippen LogP contribution in [0.1, 0.15) is 19.3 Å². The molecule has 0 atom stereocenters. The topological polar surface area (TPSA) is 22.0 Å². The summed E-state index contributed by atoms with van der Waals surface area (Å²) in [4.78, 5) is 11.2. The molecule has 0 N–H and O–H groups in total. The van der Waals surface area contributed by atoms with Crippen LogP contribution in [0.5, 0.6) is 0 Å². The van der Waals surface area contributed by atoms with E-state index in [-0.39, 0.29) is 5.56 Å². The number of alkyl halides is 1. The summed E-state index contributed by atoms with van der Waals surface area (Å²) in [5, 5.41) is 0. The maximum absolute atomic E-state index is 11.2. The van der Waals surface area contributed by atoms with Crippen molar-refractivity contribution in [3.8, 4) is 0 Å². The molecular formula is C10H14ClNO. The highest BCUT2D eigenvalue weighted by Gasteiger charge is 1.93. The molecular weight excluding hydrogens is 186 g/mol. The molecule has 1 aromatic rings. The first-order chi connectivity index (χ1) is 6.34. The fourth-order valence-electron chi connectivity index (χ4n) is 1.20. The SMILES string of the molecule is O=c1ccccn1CCCCCCl. The molecule has 0 unspecified atom stereocenters. The third-order valence-corrected chi connectivity index (χ3v) is 2.20. The Morgan fingerprint density at radius 1 is 1.23 bits per heavy atom. The highest BCUT2D eigenvalue weighted by atomic mass is 35.5. The molecule has 0 aliphatic heterocycles. The molecule has 0 aliphatic rings. The zero-order chi connectivity index (χ0) is 9.52. The Kier molecular flexibility index (Phi) is 4.61.